The quantitative estimate of drug-likeness (QED) is 0.912. The average molecular weight is 275 g/mol. The molecule has 0 unspecified atom stereocenters. The molecule has 1 fully saturated rings. The van der Waals surface area contributed by atoms with Gasteiger partial charge in [-0.25, -0.2) is 0 Å². The van der Waals surface area contributed by atoms with E-state index in [4.69, 9.17) is 0 Å². The van der Waals surface area contributed by atoms with Crippen LogP contribution >= 0.6 is 0 Å². The average Bonchev–Trinajstić information content (AvgIpc) is 2.47. The Balaban J connectivity index is 2.04. The van der Waals surface area contributed by atoms with E-state index in [0.717, 1.165) is 44.0 Å². The van der Waals surface area contributed by atoms with Gasteiger partial charge >= 0.3 is 0 Å². The zero-order valence-corrected chi connectivity index (χ0v) is 12.7. The molecule has 2 rings (SSSR count). The second kappa shape index (κ2) is 6.75. The molecular formula is C16H25N3O. The van der Waals surface area contributed by atoms with Crippen molar-refractivity contribution in [1.29, 1.82) is 0 Å². The lowest BCUT2D eigenvalue weighted by molar-refractivity contribution is 0.0943. The molecule has 0 bridgehead atoms. The Bertz CT molecular complexity index is 451. The van der Waals surface area contributed by atoms with Gasteiger partial charge in [-0.3, -0.25) is 4.79 Å². The summed E-state index contributed by atoms with van der Waals surface area (Å²) >= 11 is 0. The molecule has 1 aliphatic rings. The molecule has 0 spiro atoms. The first-order chi connectivity index (χ1) is 9.60. The highest BCUT2D eigenvalue weighted by molar-refractivity contribution is 5.95. The molecule has 1 aromatic rings. The number of carbonyl (C=O) groups excluding carboxylic acids is 1. The molecule has 0 atom stereocenters. The molecule has 0 aliphatic carbocycles. The monoisotopic (exact) mass is 275 g/mol. The van der Waals surface area contributed by atoms with Gasteiger partial charge in [0, 0.05) is 43.5 Å². The Kier molecular flexibility index (Phi) is 5.01. The van der Waals surface area contributed by atoms with Crippen LogP contribution in [0.5, 0.6) is 0 Å². The first-order valence-corrected chi connectivity index (χ1v) is 7.48. The number of likely N-dealkylation sites (N-methyl/N-ethyl adjacent to an activating group) is 1. The number of nitrogens with one attached hydrogen (secondary N) is 1. The molecule has 20 heavy (non-hydrogen) atoms. The normalized spacial score (nSPS) is 16.5. The van der Waals surface area contributed by atoms with E-state index < -0.39 is 0 Å². The van der Waals surface area contributed by atoms with Crippen molar-refractivity contribution in [2.24, 2.45) is 0 Å². The summed E-state index contributed by atoms with van der Waals surface area (Å²) in [5.41, 5.74) is 1.89. The minimum atomic E-state index is 0.00837. The second-order valence-corrected chi connectivity index (χ2v) is 5.60. The molecule has 0 saturated carbocycles. The molecule has 4 heteroatoms. The Morgan fingerprint density at radius 1 is 1.25 bits per heavy atom. The number of hydrogen-bond donors (Lipinski definition) is 1. The van der Waals surface area contributed by atoms with Gasteiger partial charge in [-0.15, -0.1) is 0 Å². The molecule has 1 saturated heterocycles. The van der Waals surface area contributed by atoms with Gasteiger partial charge in [-0.1, -0.05) is 13.0 Å². The van der Waals surface area contributed by atoms with Crippen molar-refractivity contribution < 1.29 is 4.79 Å². The van der Waals surface area contributed by atoms with Gasteiger partial charge in [0.15, 0.2) is 0 Å². The van der Waals surface area contributed by atoms with Crippen LogP contribution in [0.4, 0.5) is 5.69 Å². The predicted octanol–water partition coefficient (Wildman–Crippen LogP) is 1.97. The zero-order valence-electron chi connectivity index (χ0n) is 12.7. The van der Waals surface area contributed by atoms with E-state index in [9.17, 15) is 4.79 Å². The molecular weight excluding hydrogens is 250 g/mol. The summed E-state index contributed by atoms with van der Waals surface area (Å²) in [7, 11) is 0. The summed E-state index contributed by atoms with van der Waals surface area (Å²) in [6.07, 6.45) is 0. The summed E-state index contributed by atoms with van der Waals surface area (Å²) < 4.78 is 0. The first kappa shape index (κ1) is 14.9. The van der Waals surface area contributed by atoms with Crippen molar-refractivity contribution in [2.75, 3.05) is 37.6 Å². The molecule has 4 nitrogen and oxygen atoms in total. The summed E-state index contributed by atoms with van der Waals surface area (Å²) in [5, 5.41) is 2.94. The van der Waals surface area contributed by atoms with E-state index in [2.05, 4.69) is 28.1 Å². The molecule has 1 heterocycles. The third kappa shape index (κ3) is 3.73. The number of carbonyl (C=O) groups is 1. The summed E-state index contributed by atoms with van der Waals surface area (Å²) in [5.74, 6) is 0.00837. The smallest absolute Gasteiger partial charge is 0.251 e. The van der Waals surface area contributed by atoms with Crippen molar-refractivity contribution in [3.63, 3.8) is 0 Å². The maximum atomic E-state index is 12.1. The topological polar surface area (TPSA) is 35.6 Å². The first-order valence-electron chi connectivity index (χ1n) is 7.48. The van der Waals surface area contributed by atoms with E-state index in [1.165, 1.54) is 0 Å². The van der Waals surface area contributed by atoms with Crippen LogP contribution in [0.2, 0.25) is 0 Å². The van der Waals surface area contributed by atoms with Crippen LogP contribution in [0, 0.1) is 0 Å². The third-order valence-electron chi connectivity index (χ3n) is 3.71. The van der Waals surface area contributed by atoms with E-state index in [1.807, 2.05) is 32.0 Å². The van der Waals surface area contributed by atoms with Gasteiger partial charge in [0.05, 0.1) is 0 Å². The molecule has 0 aromatic heterocycles. The largest absolute Gasteiger partial charge is 0.369 e. The fraction of sp³-hybridized carbons (Fsp3) is 0.562. The Morgan fingerprint density at radius 3 is 2.55 bits per heavy atom. The van der Waals surface area contributed by atoms with E-state index in [0.29, 0.717) is 0 Å². The maximum Gasteiger partial charge on any atom is 0.251 e. The molecule has 1 aliphatic heterocycles. The zero-order chi connectivity index (χ0) is 14.5. The number of rotatable bonds is 4. The molecule has 0 radical (unpaired) electrons. The minimum Gasteiger partial charge on any atom is -0.369 e. The van der Waals surface area contributed by atoms with E-state index >= 15 is 0 Å². The Hall–Kier alpha value is -1.55. The standard InChI is InChI=1S/C16H25N3O/c1-4-18-8-10-19(11-9-18)15-7-5-6-14(12-15)16(20)17-13(2)3/h5-7,12-13H,4,8-11H2,1-3H3,(H,17,20). The number of piperazine rings is 1. The summed E-state index contributed by atoms with van der Waals surface area (Å²) in [6, 6.07) is 8.10. The molecule has 1 N–H and O–H groups in total. The van der Waals surface area contributed by atoms with Crippen molar-refractivity contribution in [1.82, 2.24) is 10.2 Å². The molecule has 1 amide bonds. The van der Waals surface area contributed by atoms with Gasteiger partial charge in [0.25, 0.3) is 5.91 Å². The van der Waals surface area contributed by atoms with Gasteiger partial charge in [-0.2, -0.15) is 0 Å². The molecule has 110 valence electrons. The predicted molar refractivity (Wildman–Crippen MR) is 83.4 cm³/mol. The van der Waals surface area contributed by atoms with Crippen LogP contribution in [0.3, 0.4) is 0 Å². The SMILES string of the molecule is CCN1CCN(c2cccc(C(=O)NC(C)C)c2)CC1. The minimum absolute atomic E-state index is 0.00837. The van der Waals surface area contributed by atoms with E-state index in [1.54, 1.807) is 0 Å². The van der Waals surface area contributed by atoms with Gasteiger partial charge in [-0.05, 0) is 38.6 Å². The van der Waals surface area contributed by atoms with Crippen molar-refractivity contribution in [3.8, 4) is 0 Å². The van der Waals surface area contributed by atoms with Crippen LogP contribution in [-0.4, -0.2) is 49.6 Å². The number of benzene rings is 1. The lowest BCUT2D eigenvalue weighted by Crippen LogP contribution is -2.46. The number of anilines is 1. The Labute approximate surface area is 121 Å². The van der Waals surface area contributed by atoms with Crippen molar-refractivity contribution in [2.45, 2.75) is 26.8 Å². The number of amides is 1. The van der Waals surface area contributed by atoms with Crippen LogP contribution in [-0.2, 0) is 0 Å². The highest BCUT2D eigenvalue weighted by atomic mass is 16.1. The van der Waals surface area contributed by atoms with E-state index in [-0.39, 0.29) is 11.9 Å². The Morgan fingerprint density at radius 2 is 1.95 bits per heavy atom. The van der Waals surface area contributed by atoms with Crippen LogP contribution in [0.25, 0.3) is 0 Å². The van der Waals surface area contributed by atoms with Crippen LogP contribution in [0.15, 0.2) is 24.3 Å². The van der Waals surface area contributed by atoms with Gasteiger partial charge in [0.2, 0.25) is 0 Å². The van der Waals surface area contributed by atoms with Crippen LogP contribution < -0.4 is 10.2 Å². The fourth-order valence-corrected chi connectivity index (χ4v) is 2.51. The summed E-state index contributed by atoms with van der Waals surface area (Å²) in [6.45, 7) is 11.5. The van der Waals surface area contributed by atoms with Gasteiger partial charge < -0.3 is 15.1 Å². The third-order valence-corrected chi connectivity index (χ3v) is 3.71. The van der Waals surface area contributed by atoms with Gasteiger partial charge in [0.1, 0.15) is 0 Å². The van der Waals surface area contributed by atoms with Crippen molar-refractivity contribution >= 4 is 11.6 Å². The highest BCUT2D eigenvalue weighted by Crippen LogP contribution is 2.18. The lowest BCUT2D eigenvalue weighted by atomic mass is 10.1. The second-order valence-electron chi connectivity index (χ2n) is 5.60. The lowest BCUT2D eigenvalue weighted by Gasteiger charge is -2.35. The number of hydrogen-bond acceptors (Lipinski definition) is 3. The maximum absolute atomic E-state index is 12.1. The summed E-state index contributed by atoms with van der Waals surface area (Å²) in [4.78, 5) is 16.9. The van der Waals surface area contributed by atoms with Crippen molar-refractivity contribution in [3.05, 3.63) is 29.8 Å². The fourth-order valence-electron chi connectivity index (χ4n) is 2.51. The molecule has 1 aromatic carbocycles. The van der Waals surface area contributed by atoms with Crippen LogP contribution in [0.1, 0.15) is 31.1 Å². The highest BCUT2D eigenvalue weighted by Gasteiger charge is 2.17. The number of nitrogens with zero attached hydrogens (tertiary/aromatic N) is 2.